The van der Waals surface area contributed by atoms with Crippen LogP contribution in [0.25, 0.3) is 27.5 Å². The van der Waals surface area contributed by atoms with Gasteiger partial charge in [0.15, 0.2) is 0 Å². The van der Waals surface area contributed by atoms with E-state index in [0.717, 1.165) is 15.6 Å². The van der Waals surface area contributed by atoms with Crippen molar-refractivity contribution in [2.45, 2.75) is 38.9 Å². The number of nitrogens with zero attached hydrogens (tertiary/aromatic N) is 1. The lowest BCUT2D eigenvalue weighted by Gasteiger charge is -2.32. The zero-order valence-corrected chi connectivity index (χ0v) is 18.7. The van der Waals surface area contributed by atoms with Crippen molar-refractivity contribution in [1.29, 1.82) is 0 Å². The molecule has 1 aliphatic heterocycles. The van der Waals surface area contributed by atoms with E-state index in [1.807, 2.05) is 6.07 Å². The van der Waals surface area contributed by atoms with E-state index in [-0.39, 0.29) is 18.3 Å². The molecule has 1 aliphatic rings. The molecule has 0 unspecified atom stereocenters. The highest BCUT2D eigenvalue weighted by Gasteiger charge is 2.51. The lowest BCUT2D eigenvalue weighted by Crippen LogP contribution is -2.41. The number of hydrogen-bond donors (Lipinski definition) is 0. The fourth-order valence-corrected chi connectivity index (χ4v) is 4.36. The molecular formula is C24H23BBrNO2. The molecule has 1 saturated heterocycles. The van der Waals surface area contributed by atoms with E-state index in [1.54, 1.807) is 0 Å². The molecule has 1 aromatic heterocycles. The zero-order valence-electron chi connectivity index (χ0n) is 17.1. The summed E-state index contributed by atoms with van der Waals surface area (Å²) in [7, 11) is -0.369. The monoisotopic (exact) mass is 447 g/mol. The summed E-state index contributed by atoms with van der Waals surface area (Å²) >= 11 is 3.64. The fraction of sp³-hybridized carbons (Fsp3) is 0.250. The van der Waals surface area contributed by atoms with Gasteiger partial charge in [0, 0.05) is 20.9 Å². The summed E-state index contributed by atoms with van der Waals surface area (Å²) in [6.45, 7) is 8.35. The Kier molecular flexibility index (Phi) is 4.22. The van der Waals surface area contributed by atoms with Crippen molar-refractivity contribution in [2.24, 2.45) is 0 Å². The van der Waals surface area contributed by atoms with Gasteiger partial charge >= 0.3 is 7.12 Å². The van der Waals surface area contributed by atoms with Gasteiger partial charge in [-0.05, 0) is 69.6 Å². The largest absolute Gasteiger partial charge is 0.494 e. The first-order valence-electron chi connectivity index (χ1n) is 9.91. The second-order valence-corrected chi connectivity index (χ2v) is 9.61. The van der Waals surface area contributed by atoms with Gasteiger partial charge in [0.05, 0.1) is 22.2 Å². The lowest BCUT2D eigenvalue weighted by atomic mass is 9.78. The minimum absolute atomic E-state index is 0.353. The summed E-state index contributed by atoms with van der Waals surface area (Å²) in [5, 5.41) is 2.40. The van der Waals surface area contributed by atoms with Crippen LogP contribution in [0.2, 0.25) is 0 Å². The van der Waals surface area contributed by atoms with Gasteiger partial charge in [0.2, 0.25) is 0 Å². The molecule has 2 heterocycles. The van der Waals surface area contributed by atoms with Crippen molar-refractivity contribution in [1.82, 2.24) is 4.57 Å². The minimum Gasteiger partial charge on any atom is -0.399 e. The summed E-state index contributed by atoms with van der Waals surface area (Å²) < 4.78 is 16.0. The van der Waals surface area contributed by atoms with E-state index in [0.29, 0.717) is 0 Å². The Morgan fingerprint density at radius 2 is 1.34 bits per heavy atom. The maximum absolute atomic E-state index is 6.29. The fourth-order valence-electron chi connectivity index (χ4n) is 3.99. The first-order chi connectivity index (χ1) is 13.8. The Morgan fingerprint density at radius 1 is 0.759 bits per heavy atom. The van der Waals surface area contributed by atoms with Crippen LogP contribution in [0.15, 0.2) is 71.2 Å². The molecule has 0 radical (unpaired) electrons. The van der Waals surface area contributed by atoms with Gasteiger partial charge < -0.3 is 13.9 Å². The van der Waals surface area contributed by atoms with Crippen molar-refractivity contribution >= 4 is 50.3 Å². The Balaban J connectivity index is 1.73. The molecule has 0 aliphatic carbocycles. The van der Waals surface area contributed by atoms with Crippen LogP contribution in [0.4, 0.5) is 0 Å². The minimum atomic E-state index is -0.369. The third-order valence-electron chi connectivity index (χ3n) is 6.29. The Labute approximate surface area is 179 Å². The van der Waals surface area contributed by atoms with Crippen LogP contribution in [0.1, 0.15) is 27.7 Å². The van der Waals surface area contributed by atoms with Gasteiger partial charge in [-0.3, -0.25) is 0 Å². The van der Waals surface area contributed by atoms with Crippen molar-refractivity contribution < 1.29 is 9.31 Å². The summed E-state index contributed by atoms with van der Waals surface area (Å²) in [5.41, 5.74) is 3.84. The Morgan fingerprint density at radius 3 is 2.00 bits per heavy atom. The SMILES string of the molecule is CC1(C)OB(c2ccc3c(c2)c2cc(Br)ccc2n3-c2ccccc2)OC1(C)C. The topological polar surface area (TPSA) is 23.4 Å². The zero-order chi connectivity index (χ0) is 20.4. The Hall–Kier alpha value is -2.08. The molecule has 29 heavy (non-hydrogen) atoms. The number of rotatable bonds is 2. The van der Waals surface area contributed by atoms with Crippen LogP contribution in [0.3, 0.4) is 0 Å². The van der Waals surface area contributed by atoms with Gasteiger partial charge in [0.25, 0.3) is 0 Å². The molecule has 5 heteroatoms. The van der Waals surface area contributed by atoms with E-state index in [9.17, 15) is 0 Å². The molecule has 0 N–H and O–H groups in total. The number of fused-ring (bicyclic) bond motifs is 3. The van der Waals surface area contributed by atoms with Crippen LogP contribution < -0.4 is 5.46 Å². The second kappa shape index (κ2) is 6.46. The smallest absolute Gasteiger partial charge is 0.399 e. The summed E-state index contributed by atoms with van der Waals surface area (Å²) in [4.78, 5) is 0. The highest BCUT2D eigenvalue weighted by Crippen LogP contribution is 2.38. The van der Waals surface area contributed by atoms with Crippen molar-refractivity contribution in [2.75, 3.05) is 0 Å². The third-order valence-corrected chi connectivity index (χ3v) is 6.78. The van der Waals surface area contributed by atoms with E-state index in [4.69, 9.17) is 9.31 Å². The van der Waals surface area contributed by atoms with Crippen LogP contribution in [0.5, 0.6) is 0 Å². The molecule has 1 fully saturated rings. The number of hydrogen-bond acceptors (Lipinski definition) is 2. The van der Waals surface area contributed by atoms with E-state index >= 15 is 0 Å². The normalized spacial score (nSPS) is 18.0. The summed E-state index contributed by atoms with van der Waals surface area (Å²) in [5.74, 6) is 0. The number of aromatic nitrogens is 1. The van der Waals surface area contributed by atoms with Gasteiger partial charge in [0.1, 0.15) is 0 Å². The molecule has 3 nitrogen and oxygen atoms in total. The predicted molar refractivity (Wildman–Crippen MR) is 124 cm³/mol. The standard InChI is InChI=1S/C24H23BBrNO2/c1-23(2)24(3,4)29-25(28-23)16-10-12-21-19(14-16)20-15-17(26)11-13-22(20)27(21)18-8-6-5-7-9-18/h5-15H,1-4H3. The number of halogens is 1. The highest BCUT2D eigenvalue weighted by atomic mass is 79.9. The molecule has 146 valence electrons. The van der Waals surface area contributed by atoms with Gasteiger partial charge in [-0.2, -0.15) is 0 Å². The third kappa shape index (κ3) is 2.95. The van der Waals surface area contributed by atoms with Crippen LogP contribution in [0, 0.1) is 0 Å². The van der Waals surface area contributed by atoms with Crippen LogP contribution in [-0.2, 0) is 9.31 Å². The average molecular weight is 448 g/mol. The molecule has 0 saturated carbocycles. The van der Waals surface area contributed by atoms with E-state index in [2.05, 4.69) is 109 Å². The lowest BCUT2D eigenvalue weighted by molar-refractivity contribution is 0.00578. The second-order valence-electron chi connectivity index (χ2n) is 8.70. The van der Waals surface area contributed by atoms with E-state index in [1.165, 1.54) is 21.8 Å². The molecule has 3 aromatic carbocycles. The van der Waals surface area contributed by atoms with Gasteiger partial charge in [-0.1, -0.05) is 46.3 Å². The Bertz CT molecular complexity index is 1210. The molecule has 0 amide bonds. The molecule has 0 atom stereocenters. The average Bonchev–Trinajstić information content (AvgIpc) is 3.12. The quantitative estimate of drug-likeness (QED) is 0.360. The number of benzene rings is 3. The first kappa shape index (κ1) is 18.9. The molecule has 5 rings (SSSR count). The van der Waals surface area contributed by atoms with Crippen LogP contribution >= 0.6 is 15.9 Å². The predicted octanol–water partition coefficient (Wildman–Crippen LogP) is 5.85. The molecule has 0 bridgehead atoms. The first-order valence-corrected chi connectivity index (χ1v) is 10.7. The molecule has 0 spiro atoms. The highest BCUT2D eigenvalue weighted by molar-refractivity contribution is 9.10. The van der Waals surface area contributed by atoms with Gasteiger partial charge in [-0.15, -0.1) is 0 Å². The number of para-hydroxylation sites is 1. The summed E-state index contributed by atoms with van der Waals surface area (Å²) in [6, 6.07) is 23.4. The van der Waals surface area contributed by atoms with Gasteiger partial charge in [-0.25, -0.2) is 0 Å². The van der Waals surface area contributed by atoms with Crippen molar-refractivity contribution in [3.05, 3.63) is 71.2 Å². The van der Waals surface area contributed by atoms with Crippen LogP contribution in [-0.4, -0.2) is 22.9 Å². The van der Waals surface area contributed by atoms with E-state index < -0.39 is 0 Å². The van der Waals surface area contributed by atoms with Crippen molar-refractivity contribution in [3.63, 3.8) is 0 Å². The molecule has 4 aromatic rings. The molecular weight excluding hydrogens is 425 g/mol. The summed E-state index contributed by atoms with van der Waals surface area (Å²) in [6.07, 6.45) is 0. The maximum atomic E-state index is 6.29. The van der Waals surface area contributed by atoms with Crippen molar-refractivity contribution in [3.8, 4) is 5.69 Å². The maximum Gasteiger partial charge on any atom is 0.494 e.